The number of carbonyl (C=O) groups excluding carboxylic acids is 2. The predicted octanol–water partition coefficient (Wildman–Crippen LogP) is 4.45. The molecule has 0 bridgehead atoms. The number of anilines is 2. The van der Waals surface area contributed by atoms with Crippen LogP contribution in [0, 0.1) is 6.92 Å². The molecule has 4 rings (SSSR count). The predicted molar refractivity (Wildman–Crippen MR) is 127 cm³/mol. The molecule has 0 aliphatic carbocycles. The number of amides is 2. The van der Waals surface area contributed by atoms with Crippen molar-refractivity contribution in [1.82, 2.24) is 0 Å². The third-order valence-electron chi connectivity index (χ3n) is 5.38. The molecular weight excluding hydrogens is 420 g/mol. The van der Waals surface area contributed by atoms with Gasteiger partial charge in [0.25, 0.3) is 11.8 Å². The van der Waals surface area contributed by atoms with Gasteiger partial charge in [-0.1, -0.05) is 17.7 Å². The molecule has 1 heterocycles. The van der Waals surface area contributed by atoms with Gasteiger partial charge in [0, 0.05) is 17.3 Å². The standard InChI is InChI=1S/C26H26N2O5/c1-17-4-9-22(10-5-17)32-15-14-28-23-13-8-20(16-24(23)33-18(2)26(28)30)27-25(29)19-6-11-21(31-3)12-7-19/h4-13,16,18H,14-15H2,1-3H3,(H,27,29). The molecule has 1 N–H and O–H groups in total. The summed E-state index contributed by atoms with van der Waals surface area (Å²) in [7, 11) is 1.58. The molecule has 170 valence electrons. The number of carbonyl (C=O) groups is 2. The lowest BCUT2D eigenvalue weighted by Gasteiger charge is -2.33. The zero-order valence-corrected chi connectivity index (χ0v) is 18.8. The van der Waals surface area contributed by atoms with Crippen molar-refractivity contribution in [3.05, 3.63) is 77.9 Å². The molecule has 3 aromatic carbocycles. The minimum atomic E-state index is -0.635. The Balaban J connectivity index is 1.45. The SMILES string of the molecule is COc1ccc(C(=O)Nc2ccc3c(c2)OC(C)C(=O)N3CCOc2ccc(C)cc2)cc1. The Morgan fingerprint density at radius 2 is 1.73 bits per heavy atom. The minimum absolute atomic E-state index is 0.134. The van der Waals surface area contributed by atoms with Gasteiger partial charge in [0.05, 0.1) is 19.3 Å². The summed E-state index contributed by atoms with van der Waals surface area (Å²) in [5.41, 5.74) is 2.89. The molecule has 1 atom stereocenters. The van der Waals surface area contributed by atoms with Crippen LogP contribution in [-0.4, -0.2) is 38.2 Å². The van der Waals surface area contributed by atoms with Crippen molar-refractivity contribution in [2.45, 2.75) is 20.0 Å². The van der Waals surface area contributed by atoms with Gasteiger partial charge in [0.2, 0.25) is 0 Å². The molecule has 1 unspecified atom stereocenters. The number of nitrogens with zero attached hydrogens (tertiary/aromatic N) is 1. The molecule has 0 radical (unpaired) electrons. The molecule has 33 heavy (non-hydrogen) atoms. The fraction of sp³-hybridized carbons (Fsp3) is 0.231. The van der Waals surface area contributed by atoms with Crippen molar-refractivity contribution in [2.24, 2.45) is 0 Å². The molecule has 0 spiro atoms. The van der Waals surface area contributed by atoms with E-state index in [1.54, 1.807) is 61.4 Å². The second-order valence-electron chi connectivity index (χ2n) is 7.78. The molecular formula is C26H26N2O5. The van der Waals surface area contributed by atoms with Crippen LogP contribution in [0.1, 0.15) is 22.8 Å². The van der Waals surface area contributed by atoms with Gasteiger partial charge < -0.3 is 24.4 Å². The van der Waals surface area contributed by atoms with E-state index in [0.717, 1.165) is 11.3 Å². The molecule has 0 saturated heterocycles. The zero-order chi connectivity index (χ0) is 23.4. The Morgan fingerprint density at radius 1 is 1.03 bits per heavy atom. The number of hydrogen-bond acceptors (Lipinski definition) is 5. The monoisotopic (exact) mass is 446 g/mol. The quantitative estimate of drug-likeness (QED) is 0.580. The molecule has 1 aliphatic heterocycles. The Hall–Kier alpha value is -4.00. The van der Waals surface area contributed by atoms with Crippen LogP contribution in [0.4, 0.5) is 11.4 Å². The maximum Gasteiger partial charge on any atom is 0.267 e. The molecule has 0 saturated carbocycles. The summed E-state index contributed by atoms with van der Waals surface area (Å²) in [6.45, 7) is 4.45. The van der Waals surface area contributed by atoms with Crippen LogP contribution in [0.3, 0.4) is 0 Å². The maximum absolute atomic E-state index is 12.7. The Morgan fingerprint density at radius 3 is 2.42 bits per heavy atom. The van der Waals surface area contributed by atoms with Crippen LogP contribution >= 0.6 is 0 Å². The molecule has 1 aliphatic rings. The molecule has 7 heteroatoms. The second kappa shape index (κ2) is 9.65. The van der Waals surface area contributed by atoms with Crippen LogP contribution in [0.5, 0.6) is 17.2 Å². The van der Waals surface area contributed by atoms with Gasteiger partial charge in [0.15, 0.2) is 6.10 Å². The second-order valence-corrected chi connectivity index (χ2v) is 7.78. The van der Waals surface area contributed by atoms with Crippen molar-refractivity contribution >= 4 is 23.2 Å². The van der Waals surface area contributed by atoms with Crippen LogP contribution in [0.2, 0.25) is 0 Å². The Kier molecular flexibility index (Phi) is 6.49. The third kappa shape index (κ3) is 5.09. The van der Waals surface area contributed by atoms with Gasteiger partial charge in [-0.05, 0) is 62.4 Å². The molecule has 0 aromatic heterocycles. The van der Waals surface area contributed by atoms with Crippen molar-refractivity contribution in [1.29, 1.82) is 0 Å². The van der Waals surface area contributed by atoms with Gasteiger partial charge in [0.1, 0.15) is 23.9 Å². The number of aryl methyl sites for hydroxylation is 1. The summed E-state index contributed by atoms with van der Waals surface area (Å²) < 4.78 is 16.7. The number of hydrogen-bond donors (Lipinski definition) is 1. The first-order valence-electron chi connectivity index (χ1n) is 10.7. The van der Waals surface area contributed by atoms with Crippen molar-refractivity contribution < 1.29 is 23.8 Å². The highest BCUT2D eigenvalue weighted by Crippen LogP contribution is 2.36. The minimum Gasteiger partial charge on any atom is -0.497 e. The van der Waals surface area contributed by atoms with Gasteiger partial charge in [-0.2, -0.15) is 0 Å². The summed E-state index contributed by atoms with van der Waals surface area (Å²) in [6, 6.07) is 19.9. The largest absolute Gasteiger partial charge is 0.497 e. The van der Waals surface area contributed by atoms with Crippen LogP contribution in [-0.2, 0) is 4.79 Å². The van der Waals surface area contributed by atoms with Gasteiger partial charge in [-0.25, -0.2) is 0 Å². The average molecular weight is 447 g/mol. The highest BCUT2D eigenvalue weighted by atomic mass is 16.5. The normalized spacial score (nSPS) is 14.8. The van der Waals surface area contributed by atoms with Gasteiger partial charge >= 0.3 is 0 Å². The topological polar surface area (TPSA) is 77.1 Å². The van der Waals surface area contributed by atoms with E-state index in [9.17, 15) is 9.59 Å². The number of rotatable bonds is 7. The average Bonchev–Trinajstić information content (AvgIpc) is 2.82. The lowest BCUT2D eigenvalue weighted by atomic mass is 10.1. The van der Waals surface area contributed by atoms with Crippen LogP contribution in [0.25, 0.3) is 0 Å². The van der Waals surface area contributed by atoms with E-state index in [2.05, 4.69) is 5.32 Å². The Bertz CT molecular complexity index is 1140. The zero-order valence-electron chi connectivity index (χ0n) is 18.8. The fourth-order valence-electron chi connectivity index (χ4n) is 3.55. The van der Waals surface area contributed by atoms with E-state index in [4.69, 9.17) is 14.2 Å². The van der Waals surface area contributed by atoms with Crippen molar-refractivity contribution in [3.63, 3.8) is 0 Å². The third-order valence-corrected chi connectivity index (χ3v) is 5.38. The van der Waals surface area contributed by atoms with Gasteiger partial charge in [-0.3, -0.25) is 9.59 Å². The van der Waals surface area contributed by atoms with E-state index < -0.39 is 6.10 Å². The first-order valence-corrected chi connectivity index (χ1v) is 10.7. The number of fused-ring (bicyclic) bond motifs is 1. The molecule has 2 amide bonds. The van der Waals surface area contributed by atoms with Crippen LogP contribution in [0.15, 0.2) is 66.7 Å². The van der Waals surface area contributed by atoms with Crippen molar-refractivity contribution in [3.8, 4) is 17.2 Å². The summed E-state index contributed by atoms with van der Waals surface area (Å²) in [4.78, 5) is 27.0. The fourth-order valence-corrected chi connectivity index (χ4v) is 3.55. The molecule has 7 nitrogen and oxygen atoms in total. The first kappa shape index (κ1) is 22.2. The number of methoxy groups -OCH3 is 1. The first-order chi connectivity index (χ1) is 15.9. The lowest BCUT2D eigenvalue weighted by Crippen LogP contribution is -2.46. The van der Waals surface area contributed by atoms with Gasteiger partial charge in [-0.15, -0.1) is 0 Å². The summed E-state index contributed by atoms with van der Waals surface area (Å²) >= 11 is 0. The Labute approximate surface area is 192 Å². The summed E-state index contributed by atoms with van der Waals surface area (Å²) in [5.74, 6) is 1.58. The highest BCUT2D eigenvalue weighted by Gasteiger charge is 2.31. The van der Waals surface area contributed by atoms with Crippen LogP contribution < -0.4 is 24.4 Å². The molecule has 0 fully saturated rings. The highest BCUT2D eigenvalue weighted by molar-refractivity contribution is 6.05. The van der Waals surface area contributed by atoms with E-state index in [1.165, 1.54) is 0 Å². The van der Waals surface area contributed by atoms with Crippen molar-refractivity contribution in [2.75, 3.05) is 30.5 Å². The van der Waals surface area contributed by atoms with E-state index in [0.29, 0.717) is 41.6 Å². The number of ether oxygens (including phenoxy) is 3. The summed E-state index contributed by atoms with van der Waals surface area (Å²) in [5, 5.41) is 2.87. The maximum atomic E-state index is 12.7. The van der Waals surface area contributed by atoms with E-state index in [-0.39, 0.29) is 11.8 Å². The van der Waals surface area contributed by atoms with E-state index >= 15 is 0 Å². The summed E-state index contributed by atoms with van der Waals surface area (Å²) in [6.07, 6.45) is -0.635. The molecule has 3 aromatic rings. The number of nitrogens with one attached hydrogen (secondary N) is 1. The van der Waals surface area contributed by atoms with E-state index in [1.807, 2.05) is 31.2 Å². The lowest BCUT2D eigenvalue weighted by molar-refractivity contribution is -0.125. The number of benzene rings is 3. The smallest absolute Gasteiger partial charge is 0.267 e.